The van der Waals surface area contributed by atoms with Crippen LogP contribution < -0.4 is 4.74 Å². The van der Waals surface area contributed by atoms with Crippen LogP contribution in [0.15, 0.2) is 53.4 Å². The maximum absolute atomic E-state index is 13.2. The molecule has 3 rings (SSSR count). The van der Waals surface area contributed by atoms with Crippen LogP contribution in [0.1, 0.15) is 25.3 Å². The molecule has 31 heavy (non-hydrogen) atoms. The number of benzene rings is 2. The van der Waals surface area contributed by atoms with Gasteiger partial charge in [0.15, 0.2) is 6.61 Å². The summed E-state index contributed by atoms with van der Waals surface area (Å²) in [6.07, 6.45) is 1.62. The van der Waals surface area contributed by atoms with Gasteiger partial charge in [0.25, 0.3) is 0 Å². The molecule has 1 aliphatic rings. The molecule has 0 saturated carbocycles. The Morgan fingerprint density at radius 2 is 1.94 bits per heavy atom. The van der Waals surface area contributed by atoms with E-state index in [4.69, 9.17) is 21.4 Å². The SMILES string of the molecule is CCC[C@H]1CN(Cc2cc(Cl)ccc2OCC(=O)O)CCN1S(=O)(=O)c1ccccc1. The second kappa shape index (κ2) is 10.5. The Balaban J connectivity index is 1.77. The third-order valence-electron chi connectivity index (χ3n) is 5.25. The smallest absolute Gasteiger partial charge is 0.341 e. The van der Waals surface area contributed by atoms with Crippen LogP contribution in [-0.4, -0.2) is 61.0 Å². The second-order valence-electron chi connectivity index (χ2n) is 7.54. The molecule has 0 radical (unpaired) electrons. The number of ether oxygens (including phenoxy) is 1. The van der Waals surface area contributed by atoms with Crippen LogP contribution in [-0.2, 0) is 21.4 Å². The van der Waals surface area contributed by atoms with E-state index >= 15 is 0 Å². The topological polar surface area (TPSA) is 87.2 Å². The summed E-state index contributed by atoms with van der Waals surface area (Å²) in [6.45, 7) is 3.61. The zero-order valence-corrected chi connectivity index (χ0v) is 19.0. The Kier molecular flexibility index (Phi) is 7.94. The third-order valence-corrected chi connectivity index (χ3v) is 7.45. The maximum atomic E-state index is 13.2. The summed E-state index contributed by atoms with van der Waals surface area (Å²) < 4.78 is 33.4. The van der Waals surface area contributed by atoms with Gasteiger partial charge in [-0.05, 0) is 36.8 Å². The van der Waals surface area contributed by atoms with Gasteiger partial charge in [0.05, 0.1) is 4.90 Å². The molecule has 1 aliphatic heterocycles. The maximum Gasteiger partial charge on any atom is 0.341 e. The monoisotopic (exact) mass is 466 g/mol. The minimum atomic E-state index is -3.57. The lowest BCUT2D eigenvalue weighted by Gasteiger charge is -2.40. The van der Waals surface area contributed by atoms with E-state index in [0.29, 0.717) is 41.8 Å². The molecule has 0 aliphatic carbocycles. The Bertz CT molecular complexity index is 1000. The van der Waals surface area contributed by atoms with Gasteiger partial charge in [-0.15, -0.1) is 0 Å². The largest absolute Gasteiger partial charge is 0.482 e. The number of rotatable bonds is 9. The summed E-state index contributed by atoms with van der Waals surface area (Å²) in [6, 6.07) is 13.5. The van der Waals surface area contributed by atoms with E-state index in [-0.39, 0.29) is 6.04 Å². The molecule has 0 spiro atoms. The second-order valence-corrected chi connectivity index (χ2v) is 9.87. The van der Waals surface area contributed by atoms with Gasteiger partial charge in [-0.3, -0.25) is 4.90 Å². The highest BCUT2D eigenvalue weighted by Gasteiger charge is 2.35. The van der Waals surface area contributed by atoms with Crippen molar-refractivity contribution in [3.63, 3.8) is 0 Å². The summed E-state index contributed by atoms with van der Waals surface area (Å²) in [5, 5.41) is 9.45. The predicted molar refractivity (Wildman–Crippen MR) is 119 cm³/mol. The molecule has 1 N–H and O–H groups in total. The number of carboxylic acids is 1. The first-order valence-electron chi connectivity index (χ1n) is 10.2. The van der Waals surface area contributed by atoms with Gasteiger partial charge in [-0.1, -0.05) is 43.1 Å². The van der Waals surface area contributed by atoms with Crippen LogP contribution in [0.5, 0.6) is 5.75 Å². The summed E-state index contributed by atoms with van der Waals surface area (Å²) in [7, 11) is -3.57. The Morgan fingerprint density at radius 1 is 1.19 bits per heavy atom. The number of halogens is 1. The average molecular weight is 467 g/mol. The lowest BCUT2D eigenvalue weighted by atomic mass is 10.1. The van der Waals surface area contributed by atoms with Crippen LogP contribution in [0.4, 0.5) is 0 Å². The first kappa shape index (κ1) is 23.5. The fraction of sp³-hybridized carbons (Fsp3) is 0.409. The van der Waals surface area contributed by atoms with Gasteiger partial charge in [0.2, 0.25) is 10.0 Å². The van der Waals surface area contributed by atoms with Gasteiger partial charge < -0.3 is 9.84 Å². The van der Waals surface area contributed by atoms with Crippen molar-refractivity contribution >= 4 is 27.6 Å². The molecular formula is C22H27ClN2O5S. The van der Waals surface area contributed by atoms with Crippen molar-refractivity contribution in [2.75, 3.05) is 26.2 Å². The Morgan fingerprint density at radius 3 is 2.61 bits per heavy atom. The molecule has 0 amide bonds. The molecule has 2 aromatic carbocycles. The molecular weight excluding hydrogens is 440 g/mol. The molecule has 1 heterocycles. The van der Waals surface area contributed by atoms with Gasteiger partial charge in [-0.25, -0.2) is 13.2 Å². The number of hydrogen-bond acceptors (Lipinski definition) is 5. The van der Waals surface area contributed by atoms with Gasteiger partial charge in [-0.2, -0.15) is 4.31 Å². The van der Waals surface area contributed by atoms with Crippen LogP contribution in [0.25, 0.3) is 0 Å². The minimum absolute atomic E-state index is 0.147. The number of hydrogen-bond donors (Lipinski definition) is 1. The molecule has 0 bridgehead atoms. The Labute approximate surface area is 188 Å². The van der Waals surface area contributed by atoms with Gasteiger partial charge >= 0.3 is 5.97 Å². The molecule has 0 aromatic heterocycles. The summed E-state index contributed by atoms with van der Waals surface area (Å²) in [5.74, 6) is -0.582. The van der Waals surface area contributed by atoms with E-state index in [1.807, 2.05) is 6.92 Å². The highest BCUT2D eigenvalue weighted by Crippen LogP contribution is 2.28. The number of nitrogens with zero attached hydrogens (tertiary/aromatic N) is 2. The van der Waals surface area contributed by atoms with Gasteiger partial charge in [0, 0.05) is 42.8 Å². The molecule has 1 saturated heterocycles. The fourth-order valence-electron chi connectivity index (χ4n) is 3.85. The van der Waals surface area contributed by atoms with Gasteiger partial charge in [0.1, 0.15) is 5.75 Å². The number of piperazine rings is 1. The highest BCUT2D eigenvalue weighted by atomic mass is 35.5. The van der Waals surface area contributed by atoms with E-state index in [9.17, 15) is 13.2 Å². The molecule has 2 aromatic rings. The van der Waals surface area contributed by atoms with Crippen molar-refractivity contribution in [3.05, 3.63) is 59.1 Å². The van der Waals surface area contributed by atoms with Crippen molar-refractivity contribution in [2.24, 2.45) is 0 Å². The lowest BCUT2D eigenvalue weighted by molar-refractivity contribution is -0.139. The first-order chi connectivity index (χ1) is 14.8. The molecule has 1 fully saturated rings. The zero-order valence-electron chi connectivity index (χ0n) is 17.4. The van der Waals surface area contributed by atoms with Crippen molar-refractivity contribution in [2.45, 2.75) is 37.2 Å². The number of carbonyl (C=O) groups is 1. The van der Waals surface area contributed by atoms with Crippen molar-refractivity contribution < 1.29 is 23.1 Å². The van der Waals surface area contributed by atoms with E-state index in [0.717, 1.165) is 18.4 Å². The number of carboxylic acid groups (broad SMARTS) is 1. The van der Waals surface area contributed by atoms with Crippen LogP contribution >= 0.6 is 11.6 Å². The molecule has 9 heteroatoms. The highest BCUT2D eigenvalue weighted by molar-refractivity contribution is 7.89. The number of sulfonamides is 1. The van der Waals surface area contributed by atoms with Crippen molar-refractivity contribution in [1.82, 2.24) is 9.21 Å². The predicted octanol–water partition coefficient (Wildman–Crippen LogP) is 3.48. The molecule has 1 atom stereocenters. The number of aliphatic carboxylic acids is 1. The summed E-state index contributed by atoms with van der Waals surface area (Å²) >= 11 is 6.15. The van der Waals surface area contributed by atoms with Crippen molar-refractivity contribution in [3.8, 4) is 5.75 Å². The lowest BCUT2D eigenvalue weighted by Crippen LogP contribution is -2.54. The normalized spacial score (nSPS) is 18.1. The summed E-state index contributed by atoms with van der Waals surface area (Å²) in [5.41, 5.74) is 0.781. The minimum Gasteiger partial charge on any atom is -0.482 e. The molecule has 168 valence electrons. The third kappa shape index (κ3) is 5.98. The van der Waals surface area contributed by atoms with Crippen LogP contribution in [0, 0.1) is 0 Å². The Hall–Kier alpha value is -2.13. The van der Waals surface area contributed by atoms with Crippen LogP contribution in [0.3, 0.4) is 0 Å². The first-order valence-corrected chi connectivity index (χ1v) is 12.1. The van der Waals surface area contributed by atoms with Crippen molar-refractivity contribution in [1.29, 1.82) is 0 Å². The fourth-order valence-corrected chi connectivity index (χ4v) is 5.71. The van der Waals surface area contributed by atoms with E-state index in [2.05, 4.69) is 4.90 Å². The summed E-state index contributed by atoms with van der Waals surface area (Å²) in [4.78, 5) is 13.4. The van der Waals surface area contributed by atoms with Crippen LogP contribution in [0.2, 0.25) is 5.02 Å². The standard InChI is InChI=1S/C22H27ClN2O5S/c1-2-6-19-15-24(11-12-25(19)31(28,29)20-7-4-3-5-8-20)14-17-13-18(23)9-10-21(17)30-16-22(26)27/h3-5,7-10,13,19H,2,6,11-12,14-16H2,1H3,(H,26,27)/t19-/m0/s1. The molecule has 7 nitrogen and oxygen atoms in total. The van der Waals surface area contributed by atoms with E-state index in [1.54, 1.807) is 52.8 Å². The average Bonchev–Trinajstić information content (AvgIpc) is 2.74. The van der Waals surface area contributed by atoms with E-state index < -0.39 is 22.6 Å². The quantitative estimate of drug-likeness (QED) is 0.608. The van der Waals surface area contributed by atoms with E-state index in [1.165, 1.54) is 0 Å². The zero-order chi connectivity index (χ0) is 22.4. The molecule has 0 unspecified atom stereocenters.